The Morgan fingerprint density at radius 2 is 2.24 bits per heavy atom. The second kappa shape index (κ2) is 5.10. The Balaban J connectivity index is 2.31. The summed E-state index contributed by atoms with van der Waals surface area (Å²) in [4.78, 5) is 0. The topological polar surface area (TPSA) is 53.1 Å². The van der Waals surface area contributed by atoms with E-state index in [1.165, 1.54) is 0 Å². The normalized spacial score (nSPS) is 10.5. The van der Waals surface area contributed by atoms with Crippen LogP contribution in [0.4, 0.5) is 5.69 Å². The van der Waals surface area contributed by atoms with Gasteiger partial charge in [-0.3, -0.25) is 0 Å². The van der Waals surface area contributed by atoms with Crippen molar-refractivity contribution in [2.75, 3.05) is 12.3 Å². The first-order valence-corrected chi connectivity index (χ1v) is 5.80. The fourth-order valence-corrected chi connectivity index (χ4v) is 1.62. The Hall–Kier alpha value is -1.68. The standard InChI is InChI=1S/C12H14ClN3O/c1-2-3-17-12-5-10(14)4-11(6-12)16-8-9(13)7-15-16/h4-8H,2-3,14H2,1H3. The molecule has 0 aliphatic heterocycles. The van der Waals surface area contributed by atoms with Crippen molar-refractivity contribution in [2.45, 2.75) is 13.3 Å². The highest BCUT2D eigenvalue weighted by molar-refractivity contribution is 6.30. The van der Waals surface area contributed by atoms with Gasteiger partial charge >= 0.3 is 0 Å². The van der Waals surface area contributed by atoms with Crippen molar-refractivity contribution in [3.8, 4) is 11.4 Å². The molecule has 1 heterocycles. The van der Waals surface area contributed by atoms with Gasteiger partial charge in [-0.2, -0.15) is 5.10 Å². The lowest BCUT2D eigenvalue weighted by Crippen LogP contribution is -2.00. The van der Waals surface area contributed by atoms with Crippen LogP contribution in [-0.2, 0) is 0 Å². The smallest absolute Gasteiger partial charge is 0.123 e. The number of rotatable bonds is 4. The third-order valence-corrected chi connectivity index (χ3v) is 2.40. The Morgan fingerprint density at radius 3 is 2.88 bits per heavy atom. The minimum Gasteiger partial charge on any atom is -0.493 e. The van der Waals surface area contributed by atoms with Gasteiger partial charge in [-0.25, -0.2) is 4.68 Å². The quantitative estimate of drug-likeness (QED) is 0.850. The Kier molecular flexibility index (Phi) is 3.54. The van der Waals surface area contributed by atoms with Gasteiger partial charge < -0.3 is 10.5 Å². The van der Waals surface area contributed by atoms with E-state index in [-0.39, 0.29) is 0 Å². The molecule has 1 aromatic heterocycles. The van der Waals surface area contributed by atoms with Crippen LogP contribution < -0.4 is 10.5 Å². The predicted molar refractivity (Wildman–Crippen MR) is 68.8 cm³/mol. The van der Waals surface area contributed by atoms with Crippen LogP contribution >= 0.6 is 11.6 Å². The maximum absolute atomic E-state index is 5.83. The second-order valence-electron chi connectivity index (χ2n) is 3.71. The van der Waals surface area contributed by atoms with Crippen LogP contribution in [0.5, 0.6) is 5.75 Å². The van der Waals surface area contributed by atoms with Crippen molar-refractivity contribution < 1.29 is 4.74 Å². The van der Waals surface area contributed by atoms with Gasteiger partial charge in [-0.1, -0.05) is 18.5 Å². The van der Waals surface area contributed by atoms with Crippen LogP contribution in [0.3, 0.4) is 0 Å². The number of hydrogen-bond donors (Lipinski definition) is 1. The highest BCUT2D eigenvalue weighted by Crippen LogP contribution is 2.22. The lowest BCUT2D eigenvalue weighted by atomic mass is 10.2. The predicted octanol–water partition coefficient (Wildman–Crippen LogP) is 2.90. The molecule has 0 amide bonds. The summed E-state index contributed by atoms with van der Waals surface area (Å²) < 4.78 is 7.22. The summed E-state index contributed by atoms with van der Waals surface area (Å²) in [6.07, 6.45) is 4.26. The summed E-state index contributed by atoms with van der Waals surface area (Å²) in [6, 6.07) is 5.50. The largest absolute Gasteiger partial charge is 0.493 e. The molecule has 0 saturated carbocycles. The number of aromatic nitrogens is 2. The van der Waals surface area contributed by atoms with E-state index in [9.17, 15) is 0 Å². The molecule has 0 aliphatic carbocycles. The van der Waals surface area contributed by atoms with Crippen molar-refractivity contribution in [1.82, 2.24) is 9.78 Å². The van der Waals surface area contributed by atoms with Crippen LogP contribution in [0.2, 0.25) is 5.02 Å². The zero-order chi connectivity index (χ0) is 12.3. The van der Waals surface area contributed by atoms with Gasteiger partial charge in [0.25, 0.3) is 0 Å². The molecule has 0 spiro atoms. The molecule has 1 aromatic carbocycles. The van der Waals surface area contributed by atoms with E-state index < -0.39 is 0 Å². The molecule has 0 atom stereocenters. The third-order valence-electron chi connectivity index (χ3n) is 2.20. The van der Waals surface area contributed by atoms with E-state index in [4.69, 9.17) is 22.1 Å². The number of ether oxygens (including phenoxy) is 1. The molecule has 2 N–H and O–H groups in total. The molecule has 0 radical (unpaired) electrons. The molecule has 4 nitrogen and oxygen atoms in total. The van der Waals surface area contributed by atoms with Gasteiger partial charge in [0.05, 0.1) is 23.5 Å². The maximum Gasteiger partial charge on any atom is 0.123 e. The Morgan fingerprint density at radius 1 is 1.41 bits per heavy atom. The van der Waals surface area contributed by atoms with Crippen molar-refractivity contribution in [1.29, 1.82) is 0 Å². The van der Waals surface area contributed by atoms with E-state index in [0.29, 0.717) is 17.3 Å². The molecule has 0 unspecified atom stereocenters. The summed E-state index contributed by atoms with van der Waals surface area (Å²) in [5, 5.41) is 4.71. The van der Waals surface area contributed by atoms with Gasteiger partial charge in [0, 0.05) is 24.0 Å². The van der Waals surface area contributed by atoms with E-state index in [2.05, 4.69) is 12.0 Å². The Labute approximate surface area is 105 Å². The van der Waals surface area contributed by atoms with Gasteiger partial charge in [-0.05, 0) is 12.5 Å². The Bertz CT molecular complexity index is 510. The molecule has 0 saturated heterocycles. The molecule has 2 aromatic rings. The van der Waals surface area contributed by atoms with Gasteiger partial charge in [0.2, 0.25) is 0 Å². The van der Waals surface area contributed by atoms with E-state index in [1.807, 2.05) is 12.1 Å². The third kappa shape index (κ3) is 2.91. The molecular formula is C12H14ClN3O. The molecule has 90 valence electrons. The highest BCUT2D eigenvalue weighted by atomic mass is 35.5. The molecule has 5 heteroatoms. The number of anilines is 1. The fourth-order valence-electron chi connectivity index (χ4n) is 1.48. The molecule has 0 aliphatic rings. The van der Waals surface area contributed by atoms with Gasteiger partial charge in [0.1, 0.15) is 5.75 Å². The van der Waals surface area contributed by atoms with E-state index in [0.717, 1.165) is 17.9 Å². The SMILES string of the molecule is CCCOc1cc(N)cc(-n2cc(Cl)cn2)c1. The molecule has 17 heavy (non-hydrogen) atoms. The van der Waals surface area contributed by atoms with Crippen molar-refractivity contribution >= 4 is 17.3 Å². The lowest BCUT2D eigenvalue weighted by molar-refractivity contribution is 0.317. The number of nitrogen functional groups attached to an aromatic ring is 1. The number of hydrogen-bond acceptors (Lipinski definition) is 3. The summed E-state index contributed by atoms with van der Waals surface area (Å²) in [5.41, 5.74) is 7.30. The number of benzene rings is 1. The van der Waals surface area contributed by atoms with Crippen LogP contribution in [-0.4, -0.2) is 16.4 Å². The number of halogens is 1. The summed E-state index contributed by atoms with van der Waals surface area (Å²) >= 11 is 5.83. The zero-order valence-corrected chi connectivity index (χ0v) is 10.3. The maximum atomic E-state index is 5.83. The lowest BCUT2D eigenvalue weighted by Gasteiger charge is -2.08. The van der Waals surface area contributed by atoms with Crippen molar-refractivity contribution in [3.05, 3.63) is 35.6 Å². The highest BCUT2D eigenvalue weighted by Gasteiger charge is 2.03. The fraction of sp³-hybridized carbons (Fsp3) is 0.250. The first-order valence-electron chi connectivity index (χ1n) is 5.43. The first kappa shape index (κ1) is 11.8. The molecule has 0 bridgehead atoms. The van der Waals surface area contributed by atoms with Crippen LogP contribution in [0.25, 0.3) is 5.69 Å². The van der Waals surface area contributed by atoms with Gasteiger partial charge in [-0.15, -0.1) is 0 Å². The minimum absolute atomic E-state index is 0.587. The number of nitrogens with two attached hydrogens (primary N) is 1. The van der Waals surface area contributed by atoms with Crippen LogP contribution in [0.1, 0.15) is 13.3 Å². The molecular weight excluding hydrogens is 238 g/mol. The average Bonchev–Trinajstić information content (AvgIpc) is 2.72. The second-order valence-corrected chi connectivity index (χ2v) is 4.15. The van der Waals surface area contributed by atoms with Crippen molar-refractivity contribution in [3.63, 3.8) is 0 Å². The first-order chi connectivity index (χ1) is 8.19. The van der Waals surface area contributed by atoms with Crippen LogP contribution in [0.15, 0.2) is 30.6 Å². The monoisotopic (exact) mass is 251 g/mol. The van der Waals surface area contributed by atoms with Crippen molar-refractivity contribution in [2.24, 2.45) is 0 Å². The van der Waals surface area contributed by atoms with E-state index >= 15 is 0 Å². The van der Waals surface area contributed by atoms with Gasteiger partial charge in [0.15, 0.2) is 0 Å². The zero-order valence-electron chi connectivity index (χ0n) is 9.56. The number of nitrogens with zero attached hydrogens (tertiary/aromatic N) is 2. The summed E-state index contributed by atoms with van der Waals surface area (Å²) in [7, 11) is 0. The van der Waals surface area contributed by atoms with E-state index in [1.54, 1.807) is 23.1 Å². The summed E-state index contributed by atoms with van der Waals surface area (Å²) in [5.74, 6) is 0.744. The van der Waals surface area contributed by atoms with Crippen LogP contribution in [0, 0.1) is 0 Å². The molecule has 2 rings (SSSR count). The summed E-state index contributed by atoms with van der Waals surface area (Å²) in [6.45, 7) is 2.73. The average molecular weight is 252 g/mol. The minimum atomic E-state index is 0.587. The molecule has 0 fully saturated rings.